The Bertz CT molecular complexity index is 918. The molecule has 0 fully saturated rings. The fourth-order valence-corrected chi connectivity index (χ4v) is 2.52. The van der Waals surface area contributed by atoms with Crippen LogP contribution in [0.15, 0.2) is 18.2 Å². The van der Waals surface area contributed by atoms with E-state index in [1.807, 2.05) is 43.3 Å². The molecule has 28 heavy (non-hydrogen) atoms. The molecule has 5 N–H and O–H groups in total. The zero-order valence-electron chi connectivity index (χ0n) is 16.0. The summed E-state index contributed by atoms with van der Waals surface area (Å²) >= 11 is 0. The van der Waals surface area contributed by atoms with Gasteiger partial charge in [-0.25, -0.2) is 0 Å². The number of carboxylic acid groups (broad SMARTS) is 1. The minimum absolute atomic E-state index is 0.0792. The van der Waals surface area contributed by atoms with Gasteiger partial charge in [0, 0.05) is 31.5 Å². The number of benzene rings is 1. The van der Waals surface area contributed by atoms with E-state index < -0.39 is 5.97 Å². The predicted octanol–water partition coefficient (Wildman–Crippen LogP) is 1.85. The molecule has 2 aromatic rings. The van der Waals surface area contributed by atoms with E-state index in [1.54, 1.807) is 0 Å². The van der Waals surface area contributed by atoms with Crippen LogP contribution in [0, 0.1) is 11.3 Å². The van der Waals surface area contributed by atoms with E-state index in [0.29, 0.717) is 35.9 Å². The van der Waals surface area contributed by atoms with Crippen LogP contribution in [-0.2, 0) is 11.2 Å². The zero-order valence-corrected chi connectivity index (χ0v) is 16.0. The number of nitrogens with two attached hydrogens (primary N) is 2. The summed E-state index contributed by atoms with van der Waals surface area (Å²) in [4.78, 5) is 15.2. The molecule has 9 heteroatoms. The van der Waals surface area contributed by atoms with Crippen LogP contribution in [-0.4, -0.2) is 48.2 Å². The Morgan fingerprint density at radius 2 is 2.11 bits per heavy atom. The van der Waals surface area contributed by atoms with Gasteiger partial charge in [-0.3, -0.25) is 4.79 Å². The molecule has 3 rings (SSSR count). The Labute approximate surface area is 163 Å². The SMILES string of the molecule is CC(=O)O.CN(C)CCOc1ccc2c(c1)Oc1nc(N)c(C#N)c(N)c1C2. The molecular weight excluding hydrogens is 362 g/mol. The summed E-state index contributed by atoms with van der Waals surface area (Å²) in [5.41, 5.74) is 14.0. The number of hydrogen-bond donors (Lipinski definition) is 3. The number of nitriles is 1. The first kappa shape index (κ1) is 20.8. The second-order valence-corrected chi connectivity index (χ2v) is 6.40. The molecule has 2 heterocycles. The van der Waals surface area contributed by atoms with Crippen molar-refractivity contribution in [2.75, 3.05) is 38.7 Å². The molecular formula is C19H23N5O4. The second kappa shape index (κ2) is 8.92. The smallest absolute Gasteiger partial charge is 0.300 e. The number of rotatable bonds is 4. The number of carboxylic acids is 1. The highest BCUT2D eigenvalue weighted by Crippen LogP contribution is 2.41. The number of ether oxygens (including phenoxy) is 2. The highest BCUT2D eigenvalue weighted by atomic mass is 16.5. The first-order chi connectivity index (χ1) is 13.2. The Hall–Kier alpha value is -3.51. The number of aromatic nitrogens is 1. The molecule has 0 atom stereocenters. The van der Waals surface area contributed by atoms with Gasteiger partial charge in [-0.1, -0.05) is 6.07 Å². The summed E-state index contributed by atoms with van der Waals surface area (Å²) in [5, 5.41) is 16.6. The Morgan fingerprint density at radius 1 is 1.43 bits per heavy atom. The monoisotopic (exact) mass is 385 g/mol. The largest absolute Gasteiger partial charge is 0.492 e. The number of nitrogen functional groups attached to an aromatic ring is 2. The summed E-state index contributed by atoms with van der Waals surface area (Å²) in [6.45, 7) is 2.50. The summed E-state index contributed by atoms with van der Waals surface area (Å²) in [6, 6.07) is 7.65. The molecule has 9 nitrogen and oxygen atoms in total. The van der Waals surface area contributed by atoms with Crippen molar-refractivity contribution < 1.29 is 19.4 Å². The maximum Gasteiger partial charge on any atom is 0.300 e. The number of hydrogen-bond acceptors (Lipinski definition) is 8. The third-order valence-electron chi connectivity index (χ3n) is 3.86. The molecule has 148 valence electrons. The Morgan fingerprint density at radius 3 is 2.71 bits per heavy atom. The Kier molecular flexibility index (Phi) is 6.63. The fourth-order valence-electron chi connectivity index (χ4n) is 2.52. The number of likely N-dealkylation sites (N-methyl/N-ethyl adjacent to an activating group) is 1. The zero-order chi connectivity index (χ0) is 20.8. The minimum Gasteiger partial charge on any atom is -0.492 e. The predicted molar refractivity (Wildman–Crippen MR) is 104 cm³/mol. The van der Waals surface area contributed by atoms with Crippen molar-refractivity contribution in [2.45, 2.75) is 13.3 Å². The van der Waals surface area contributed by atoms with Gasteiger partial charge in [0.15, 0.2) is 0 Å². The molecule has 0 saturated carbocycles. The first-order valence-electron chi connectivity index (χ1n) is 8.48. The van der Waals surface area contributed by atoms with Crippen LogP contribution >= 0.6 is 0 Å². The summed E-state index contributed by atoms with van der Waals surface area (Å²) in [6.07, 6.45) is 0.538. The van der Waals surface area contributed by atoms with Crippen molar-refractivity contribution in [1.82, 2.24) is 9.88 Å². The molecule has 0 unspecified atom stereocenters. The fraction of sp³-hybridized carbons (Fsp3) is 0.316. The van der Waals surface area contributed by atoms with Crippen molar-refractivity contribution in [3.8, 4) is 23.4 Å². The van der Waals surface area contributed by atoms with Gasteiger partial charge in [0.05, 0.1) is 5.69 Å². The van der Waals surface area contributed by atoms with Crippen molar-refractivity contribution >= 4 is 17.5 Å². The van der Waals surface area contributed by atoms with Crippen LogP contribution in [0.4, 0.5) is 11.5 Å². The van der Waals surface area contributed by atoms with Gasteiger partial charge in [-0.15, -0.1) is 0 Å². The number of carbonyl (C=O) groups is 1. The lowest BCUT2D eigenvalue weighted by Gasteiger charge is -2.22. The van der Waals surface area contributed by atoms with Crippen LogP contribution in [0.5, 0.6) is 17.4 Å². The van der Waals surface area contributed by atoms with Crippen LogP contribution in [0.2, 0.25) is 0 Å². The van der Waals surface area contributed by atoms with Crippen molar-refractivity contribution in [3.05, 3.63) is 34.9 Å². The lowest BCUT2D eigenvalue weighted by Crippen LogP contribution is -2.19. The molecule has 1 aromatic heterocycles. The third-order valence-corrected chi connectivity index (χ3v) is 3.86. The summed E-state index contributed by atoms with van der Waals surface area (Å²) in [5.74, 6) is 0.993. The van der Waals surface area contributed by atoms with Gasteiger partial charge in [0.2, 0.25) is 5.88 Å². The summed E-state index contributed by atoms with van der Waals surface area (Å²) < 4.78 is 11.6. The molecule has 0 bridgehead atoms. The van der Waals surface area contributed by atoms with Crippen LogP contribution in [0.1, 0.15) is 23.6 Å². The highest BCUT2D eigenvalue weighted by molar-refractivity contribution is 5.72. The normalized spacial score (nSPS) is 11.2. The van der Waals surface area contributed by atoms with E-state index in [9.17, 15) is 0 Å². The first-order valence-corrected chi connectivity index (χ1v) is 8.48. The number of pyridine rings is 1. The van der Waals surface area contributed by atoms with Gasteiger partial charge >= 0.3 is 0 Å². The van der Waals surface area contributed by atoms with Crippen molar-refractivity contribution in [1.29, 1.82) is 5.26 Å². The molecule has 0 saturated heterocycles. The molecule has 0 aliphatic carbocycles. The van der Waals surface area contributed by atoms with E-state index in [0.717, 1.165) is 24.8 Å². The van der Waals surface area contributed by atoms with E-state index in [1.165, 1.54) is 0 Å². The molecule has 1 aliphatic rings. The molecule has 1 aliphatic heterocycles. The molecule has 1 aromatic carbocycles. The lowest BCUT2D eigenvalue weighted by atomic mass is 9.99. The van der Waals surface area contributed by atoms with Gasteiger partial charge in [0.1, 0.15) is 35.6 Å². The lowest BCUT2D eigenvalue weighted by molar-refractivity contribution is -0.134. The molecule has 0 amide bonds. The van der Waals surface area contributed by atoms with Crippen LogP contribution < -0.4 is 20.9 Å². The van der Waals surface area contributed by atoms with E-state index in [4.69, 9.17) is 36.1 Å². The Balaban J connectivity index is 0.000000640. The minimum atomic E-state index is -0.833. The van der Waals surface area contributed by atoms with Crippen molar-refractivity contribution in [3.63, 3.8) is 0 Å². The molecule has 0 spiro atoms. The van der Waals surface area contributed by atoms with Crippen LogP contribution in [0.25, 0.3) is 0 Å². The summed E-state index contributed by atoms with van der Waals surface area (Å²) in [7, 11) is 3.98. The number of fused-ring (bicyclic) bond motifs is 2. The second-order valence-electron chi connectivity index (χ2n) is 6.40. The highest BCUT2D eigenvalue weighted by Gasteiger charge is 2.24. The van der Waals surface area contributed by atoms with E-state index in [-0.39, 0.29) is 11.4 Å². The number of anilines is 2. The van der Waals surface area contributed by atoms with E-state index >= 15 is 0 Å². The van der Waals surface area contributed by atoms with Gasteiger partial charge in [0.25, 0.3) is 5.97 Å². The van der Waals surface area contributed by atoms with Gasteiger partial charge in [-0.05, 0) is 25.7 Å². The number of nitrogens with zero attached hydrogens (tertiary/aromatic N) is 3. The van der Waals surface area contributed by atoms with Gasteiger partial charge in [-0.2, -0.15) is 10.2 Å². The quantitative estimate of drug-likeness (QED) is 0.611. The van der Waals surface area contributed by atoms with E-state index in [2.05, 4.69) is 4.98 Å². The van der Waals surface area contributed by atoms with Crippen LogP contribution in [0.3, 0.4) is 0 Å². The maximum absolute atomic E-state index is 9.14. The third kappa shape index (κ3) is 5.02. The molecule has 0 radical (unpaired) electrons. The average molecular weight is 385 g/mol. The topological polar surface area (TPSA) is 148 Å². The van der Waals surface area contributed by atoms with Crippen molar-refractivity contribution in [2.24, 2.45) is 0 Å². The van der Waals surface area contributed by atoms with Gasteiger partial charge < -0.3 is 30.9 Å². The number of aliphatic carboxylic acids is 1. The standard InChI is InChI=1S/C17H19N5O2.C2H4O2/c1-22(2)5-6-23-11-4-3-10-7-12-15(19)13(9-18)16(20)21-17(12)24-14(10)8-11;1-2(3)4/h3-4,8H,5-7H2,1-2H3,(H4,19,20,21);1H3,(H,3,4). The maximum atomic E-state index is 9.14. The average Bonchev–Trinajstić information content (AvgIpc) is 2.60.